The zero-order valence-corrected chi connectivity index (χ0v) is 18.2. The summed E-state index contributed by atoms with van der Waals surface area (Å²) in [7, 11) is 0. The van der Waals surface area contributed by atoms with E-state index in [-0.39, 0.29) is 24.5 Å². The van der Waals surface area contributed by atoms with Gasteiger partial charge in [0.2, 0.25) is 5.91 Å². The summed E-state index contributed by atoms with van der Waals surface area (Å²) in [6.45, 7) is 6.56. The molecule has 0 radical (unpaired) electrons. The number of fused-ring (bicyclic) bond motifs is 1. The molecule has 2 aliphatic rings. The Bertz CT molecular complexity index is 1130. The molecule has 164 valence electrons. The summed E-state index contributed by atoms with van der Waals surface area (Å²) < 4.78 is 10.5. The molecule has 8 heteroatoms. The maximum absolute atomic E-state index is 11.7. The van der Waals surface area contributed by atoms with E-state index in [2.05, 4.69) is 32.1 Å². The van der Waals surface area contributed by atoms with Gasteiger partial charge in [-0.25, -0.2) is 4.98 Å². The average Bonchev–Trinajstić information content (AvgIpc) is 3.15. The van der Waals surface area contributed by atoms with E-state index in [0.29, 0.717) is 19.0 Å². The van der Waals surface area contributed by atoms with Gasteiger partial charge in [-0.3, -0.25) is 9.48 Å². The third kappa shape index (κ3) is 3.69. The molecule has 0 bridgehead atoms. The Morgan fingerprint density at radius 3 is 2.81 bits per heavy atom. The van der Waals surface area contributed by atoms with Gasteiger partial charge < -0.3 is 19.7 Å². The number of rotatable bonds is 7. The van der Waals surface area contributed by atoms with Crippen molar-refractivity contribution in [3.8, 4) is 16.9 Å². The van der Waals surface area contributed by atoms with Gasteiger partial charge in [0.05, 0.1) is 30.2 Å². The first-order chi connectivity index (χ1) is 14.9. The maximum Gasteiger partial charge on any atom is 0.220 e. The van der Waals surface area contributed by atoms with Crippen LogP contribution >= 0.6 is 0 Å². The van der Waals surface area contributed by atoms with Crippen LogP contribution < -0.4 is 10.1 Å². The molecule has 0 spiro atoms. The lowest BCUT2D eigenvalue weighted by atomic mass is 10.0. The molecule has 2 N–H and O–H groups in total. The lowest BCUT2D eigenvalue weighted by molar-refractivity contribution is -0.119. The van der Waals surface area contributed by atoms with Gasteiger partial charge in [-0.2, -0.15) is 5.10 Å². The van der Waals surface area contributed by atoms with Crippen LogP contribution in [0.4, 0.5) is 0 Å². The number of hydrogen-bond donors (Lipinski definition) is 2. The van der Waals surface area contributed by atoms with Crippen molar-refractivity contribution in [2.24, 2.45) is 5.92 Å². The maximum atomic E-state index is 11.7. The van der Waals surface area contributed by atoms with Crippen LogP contribution in [0.3, 0.4) is 0 Å². The number of carbonyl (C=O) groups excluding carboxylic acids is 1. The second-order valence-corrected chi connectivity index (χ2v) is 9.46. The molecular weight excluding hydrogens is 394 g/mol. The molecule has 1 saturated heterocycles. The van der Waals surface area contributed by atoms with E-state index in [9.17, 15) is 9.90 Å². The fourth-order valence-electron chi connectivity index (χ4n) is 4.15. The van der Waals surface area contributed by atoms with Crippen LogP contribution in [0.5, 0.6) is 5.75 Å². The summed E-state index contributed by atoms with van der Waals surface area (Å²) in [4.78, 5) is 16.3. The van der Waals surface area contributed by atoms with Crippen LogP contribution in [0, 0.1) is 5.92 Å². The lowest BCUT2D eigenvalue weighted by Gasteiger charge is -2.22. The van der Waals surface area contributed by atoms with Crippen molar-refractivity contribution in [2.45, 2.75) is 57.7 Å². The SMILES string of the molecule is C[C@@H](Oc1cc(-c2cnn(C(C)(C)CO)c2)cc2ncn(C3CC3)c12)[C@H]1CNC(=O)C1. The normalized spacial score (nSPS) is 20.3. The molecule has 3 heterocycles. The van der Waals surface area contributed by atoms with Crippen molar-refractivity contribution in [3.63, 3.8) is 0 Å². The number of aromatic nitrogens is 4. The van der Waals surface area contributed by atoms with E-state index < -0.39 is 5.54 Å². The van der Waals surface area contributed by atoms with Gasteiger partial charge in [0.1, 0.15) is 17.4 Å². The number of benzene rings is 1. The molecule has 1 amide bonds. The summed E-state index contributed by atoms with van der Waals surface area (Å²) in [5.74, 6) is 1.02. The van der Waals surface area contributed by atoms with Gasteiger partial charge in [-0.1, -0.05) is 0 Å². The molecule has 1 aliphatic heterocycles. The first kappa shape index (κ1) is 20.1. The fourth-order valence-corrected chi connectivity index (χ4v) is 4.15. The van der Waals surface area contributed by atoms with Crippen LogP contribution in [0.25, 0.3) is 22.2 Å². The van der Waals surface area contributed by atoms with Crippen molar-refractivity contribution in [3.05, 3.63) is 30.9 Å². The number of ether oxygens (including phenoxy) is 1. The largest absolute Gasteiger partial charge is 0.488 e. The quantitative estimate of drug-likeness (QED) is 0.609. The predicted octanol–water partition coefficient (Wildman–Crippen LogP) is 2.87. The Labute approximate surface area is 181 Å². The van der Waals surface area contributed by atoms with Crippen LogP contribution in [0.15, 0.2) is 30.9 Å². The molecule has 1 aromatic carbocycles. The third-order valence-electron chi connectivity index (χ3n) is 6.48. The second kappa shape index (κ2) is 7.37. The summed E-state index contributed by atoms with van der Waals surface area (Å²) in [6.07, 6.45) is 8.37. The van der Waals surface area contributed by atoms with Crippen LogP contribution in [-0.2, 0) is 10.3 Å². The highest BCUT2D eigenvalue weighted by atomic mass is 16.5. The van der Waals surface area contributed by atoms with Gasteiger partial charge in [0, 0.05) is 36.7 Å². The molecule has 1 aliphatic carbocycles. The minimum absolute atomic E-state index is 0.00102. The van der Waals surface area contributed by atoms with Crippen molar-refractivity contribution >= 4 is 16.9 Å². The topological polar surface area (TPSA) is 94.2 Å². The lowest BCUT2D eigenvalue weighted by Crippen LogP contribution is -2.30. The highest BCUT2D eigenvalue weighted by Gasteiger charge is 2.31. The second-order valence-electron chi connectivity index (χ2n) is 9.46. The van der Waals surface area contributed by atoms with Crippen LogP contribution in [0.2, 0.25) is 0 Å². The number of amides is 1. The van der Waals surface area contributed by atoms with Crippen molar-refractivity contribution < 1.29 is 14.6 Å². The van der Waals surface area contributed by atoms with Gasteiger partial charge in [-0.15, -0.1) is 0 Å². The van der Waals surface area contributed by atoms with E-state index in [1.165, 1.54) is 0 Å². The molecule has 5 rings (SSSR count). The molecular formula is C23H29N5O3. The van der Waals surface area contributed by atoms with E-state index in [0.717, 1.165) is 40.8 Å². The number of aliphatic hydroxyl groups excluding tert-OH is 1. The van der Waals surface area contributed by atoms with E-state index in [1.54, 1.807) is 4.68 Å². The van der Waals surface area contributed by atoms with Crippen molar-refractivity contribution in [2.75, 3.05) is 13.2 Å². The molecule has 31 heavy (non-hydrogen) atoms. The van der Waals surface area contributed by atoms with Gasteiger partial charge in [-0.05, 0) is 51.3 Å². The number of carbonyl (C=O) groups is 1. The van der Waals surface area contributed by atoms with E-state index in [4.69, 9.17) is 4.74 Å². The monoisotopic (exact) mass is 423 g/mol. The van der Waals surface area contributed by atoms with Crippen molar-refractivity contribution in [1.82, 2.24) is 24.6 Å². The zero-order valence-electron chi connectivity index (χ0n) is 18.2. The number of imidazole rings is 1. The van der Waals surface area contributed by atoms with Gasteiger partial charge in [0.25, 0.3) is 0 Å². The summed E-state index contributed by atoms with van der Waals surface area (Å²) in [5, 5.41) is 17.0. The number of aliphatic hydroxyl groups is 1. The average molecular weight is 424 g/mol. The summed E-state index contributed by atoms with van der Waals surface area (Å²) >= 11 is 0. The molecule has 2 fully saturated rings. The molecule has 3 aromatic rings. The van der Waals surface area contributed by atoms with Gasteiger partial charge >= 0.3 is 0 Å². The molecule has 1 saturated carbocycles. The summed E-state index contributed by atoms with van der Waals surface area (Å²) in [5.41, 5.74) is 3.34. The van der Waals surface area contributed by atoms with Crippen LogP contribution in [0.1, 0.15) is 46.1 Å². The minimum Gasteiger partial charge on any atom is -0.488 e. The number of nitrogens with zero attached hydrogens (tertiary/aromatic N) is 4. The first-order valence-corrected chi connectivity index (χ1v) is 11.0. The highest BCUT2D eigenvalue weighted by Crippen LogP contribution is 2.41. The molecule has 2 aromatic heterocycles. The smallest absolute Gasteiger partial charge is 0.220 e. The standard InChI is InChI=1S/C23H29N5O3/c1-14(16-8-21(30)24-9-16)31-20-7-15(17-10-26-28(11-17)23(2,3)12-29)6-19-22(20)27(13-25-19)18-4-5-18/h6-7,10-11,13-14,16,18,29H,4-5,8-9,12H2,1-3H3,(H,24,30)/t14-,16-/m1/s1. The number of nitrogens with one attached hydrogen (secondary N) is 1. The predicted molar refractivity (Wildman–Crippen MR) is 117 cm³/mol. The highest BCUT2D eigenvalue weighted by molar-refractivity contribution is 5.88. The van der Waals surface area contributed by atoms with Crippen molar-refractivity contribution in [1.29, 1.82) is 0 Å². The van der Waals surface area contributed by atoms with E-state index >= 15 is 0 Å². The molecule has 8 nitrogen and oxygen atoms in total. The molecule has 0 unspecified atom stereocenters. The Morgan fingerprint density at radius 2 is 2.13 bits per heavy atom. The Hall–Kier alpha value is -2.87. The Balaban J connectivity index is 1.54. The first-order valence-electron chi connectivity index (χ1n) is 11.0. The third-order valence-corrected chi connectivity index (χ3v) is 6.48. The molecule has 2 atom stereocenters. The van der Waals surface area contributed by atoms with Crippen LogP contribution in [-0.4, -0.2) is 49.6 Å². The summed E-state index contributed by atoms with van der Waals surface area (Å²) in [6, 6.07) is 4.60. The minimum atomic E-state index is -0.480. The zero-order chi connectivity index (χ0) is 21.8. The fraction of sp³-hybridized carbons (Fsp3) is 0.522. The Morgan fingerprint density at radius 1 is 1.32 bits per heavy atom. The van der Waals surface area contributed by atoms with Gasteiger partial charge in [0.15, 0.2) is 0 Å². The number of hydrogen-bond acceptors (Lipinski definition) is 5. The van der Waals surface area contributed by atoms with E-state index in [1.807, 2.05) is 39.5 Å². The Kier molecular flexibility index (Phi) is 4.77.